The van der Waals surface area contributed by atoms with Crippen LogP contribution in [0.15, 0.2) is 30.3 Å². The Hall–Kier alpha value is -3.56. The van der Waals surface area contributed by atoms with Gasteiger partial charge in [0.15, 0.2) is 35.6 Å². The molecule has 0 heterocycles. The standard InChI is InChI=1S/C19H17F3N2O5/c1-2-28-15-7-11(9-25)3-6-14(15)29-10-17(27)23-8-16(26)24-13-5-4-12(20)18(21)19(13)22/h3-7,9H,2,8,10H2,1H3,(H,23,27)(H,24,26). The Labute approximate surface area is 163 Å². The van der Waals surface area contributed by atoms with E-state index in [0.717, 1.165) is 6.07 Å². The largest absolute Gasteiger partial charge is 0.490 e. The lowest BCUT2D eigenvalue weighted by Gasteiger charge is -2.12. The van der Waals surface area contributed by atoms with Gasteiger partial charge in [-0.05, 0) is 37.3 Å². The van der Waals surface area contributed by atoms with E-state index in [2.05, 4.69) is 5.32 Å². The number of carbonyl (C=O) groups excluding carboxylic acids is 3. The third-order valence-electron chi connectivity index (χ3n) is 3.52. The summed E-state index contributed by atoms with van der Waals surface area (Å²) in [5.74, 6) is -5.68. The van der Waals surface area contributed by atoms with E-state index in [-0.39, 0.29) is 11.5 Å². The molecule has 0 saturated carbocycles. The predicted molar refractivity (Wildman–Crippen MR) is 96.4 cm³/mol. The van der Waals surface area contributed by atoms with E-state index in [0.29, 0.717) is 24.5 Å². The zero-order chi connectivity index (χ0) is 21.4. The van der Waals surface area contributed by atoms with Crippen LogP contribution in [0.3, 0.4) is 0 Å². The van der Waals surface area contributed by atoms with Crippen molar-refractivity contribution in [2.75, 3.05) is 25.1 Å². The van der Waals surface area contributed by atoms with Gasteiger partial charge in [-0.2, -0.15) is 0 Å². The fourth-order valence-electron chi connectivity index (χ4n) is 2.18. The Bertz CT molecular complexity index is 921. The lowest BCUT2D eigenvalue weighted by molar-refractivity contribution is -0.125. The molecule has 0 unspecified atom stereocenters. The summed E-state index contributed by atoms with van der Waals surface area (Å²) in [6.07, 6.45) is 0.632. The number of rotatable bonds is 9. The van der Waals surface area contributed by atoms with Gasteiger partial charge in [-0.15, -0.1) is 0 Å². The maximum Gasteiger partial charge on any atom is 0.258 e. The fourth-order valence-corrected chi connectivity index (χ4v) is 2.18. The zero-order valence-electron chi connectivity index (χ0n) is 15.3. The first-order valence-electron chi connectivity index (χ1n) is 8.40. The minimum atomic E-state index is -1.72. The number of aldehydes is 1. The highest BCUT2D eigenvalue weighted by atomic mass is 19.2. The Balaban J connectivity index is 1.86. The van der Waals surface area contributed by atoms with Gasteiger partial charge in [-0.1, -0.05) is 0 Å². The highest BCUT2D eigenvalue weighted by Crippen LogP contribution is 2.28. The van der Waals surface area contributed by atoms with E-state index in [4.69, 9.17) is 9.47 Å². The number of nitrogens with one attached hydrogen (secondary N) is 2. The number of benzene rings is 2. The second-order valence-electron chi connectivity index (χ2n) is 5.59. The molecule has 29 heavy (non-hydrogen) atoms. The third kappa shape index (κ3) is 5.96. The molecule has 2 aromatic carbocycles. The van der Waals surface area contributed by atoms with Gasteiger partial charge >= 0.3 is 0 Å². The Morgan fingerprint density at radius 1 is 1.00 bits per heavy atom. The minimum Gasteiger partial charge on any atom is -0.490 e. The number of carbonyl (C=O) groups is 3. The van der Waals surface area contributed by atoms with Crippen LogP contribution in [0, 0.1) is 17.5 Å². The molecule has 0 radical (unpaired) electrons. The van der Waals surface area contributed by atoms with Crippen molar-refractivity contribution in [3.63, 3.8) is 0 Å². The zero-order valence-corrected chi connectivity index (χ0v) is 15.3. The lowest BCUT2D eigenvalue weighted by atomic mass is 10.2. The molecule has 154 valence electrons. The van der Waals surface area contributed by atoms with Crippen LogP contribution in [0.5, 0.6) is 11.5 Å². The van der Waals surface area contributed by atoms with Gasteiger partial charge in [-0.3, -0.25) is 14.4 Å². The molecular weight excluding hydrogens is 393 g/mol. The lowest BCUT2D eigenvalue weighted by Crippen LogP contribution is -2.36. The molecule has 0 aliphatic rings. The highest BCUT2D eigenvalue weighted by Gasteiger charge is 2.16. The van der Waals surface area contributed by atoms with Gasteiger partial charge in [0.25, 0.3) is 5.91 Å². The first-order valence-corrected chi connectivity index (χ1v) is 8.40. The van der Waals surface area contributed by atoms with Gasteiger partial charge in [0.2, 0.25) is 5.91 Å². The number of ether oxygens (including phenoxy) is 2. The monoisotopic (exact) mass is 410 g/mol. The number of anilines is 1. The second kappa shape index (κ2) is 10.1. The van der Waals surface area contributed by atoms with Crippen molar-refractivity contribution in [2.24, 2.45) is 0 Å². The number of amides is 2. The van der Waals surface area contributed by atoms with Crippen LogP contribution in [0.4, 0.5) is 18.9 Å². The van der Waals surface area contributed by atoms with Crippen LogP contribution in [-0.4, -0.2) is 37.9 Å². The van der Waals surface area contributed by atoms with Crippen molar-refractivity contribution in [1.29, 1.82) is 0 Å². The fraction of sp³-hybridized carbons (Fsp3) is 0.211. The van der Waals surface area contributed by atoms with E-state index < -0.39 is 48.1 Å². The molecule has 0 bridgehead atoms. The highest BCUT2D eigenvalue weighted by molar-refractivity contribution is 5.94. The molecule has 0 aromatic heterocycles. The molecule has 7 nitrogen and oxygen atoms in total. The van der Waals surface area contributed by atoms with Gasteiger partial charge in [0.05, 0.1) is 18.8 Å². The van der Waals surface area contributed by atoms with E-state index >= 15 is 0 Å². The topological polar surface area (TPSA) is 93.7 Å². The van der Waals surface area contributed by atoms with Gasteiger partial charge in [0.1, 0.15) is 6.29 Å². The molecule has 10 heteroatoms. The number of hydrogen-bond donors (Lipinski definition) is 2. The summed E-state index contributed by atoms with van der Waals surface area (Å²) < 4.78 is 50.2. The molecule has 2 N–H and O–H groups in total. The SMILES string of the molecule is CCOc1cc(C=O)ccc1OCC(=O)NCC(=O)Nc1ccc(F)c(F)c1F. The molecule has 0 saturated heterocycles. The van der Waals surface area contributed by atoms with Crippen LogP contribution >= 0.6 is 0 Å². The second-order valence-corrected chi connectivity index (χ2v) is 5.59. The van der Waals surface area contributed by atoms with Crippen LogP contribution in [0.2, 0.25) is 0 Å². The van der Waals surface area contributed by atoms with Crippen LogP contribution in [0.1, 0.15) is 17.3 Å². The van der Waals surface area contributed by atoms with Gasteiger partial charge < -0.3 is 20.1 Å². The summed E-state index contributed by atoms with van der Waals surface area (Å²) in [7, 11) is 0. The van der Waals surface area contributed by atoms with Crippen molar-refractivity contribution in [2.45, 2.75) is 6.92 Å². The molecular formula is C19H17F3N2O5. The first-order chi connectivity index (χ1) is 13.8. The predicted octanol–water partition coefficient (Wildman–Crippen LogP) is 2.45. The molecule has 0 aliphatic carbocycles. The number of halogens is 3. The minimum absolute atomic E-state index is 0.223. The van der Waals surface area contributed by atoms with Crippen molar-refractivity contribution in [1.82, 2.24) is 5.32 Å². The molecule has 0 spiro atoms. The van der Waals surface area contributed by atoms with E-state index in [1.54, 1.807) is 6.92 Å². The Morgan fingerprint density at radius 2 is 1.76 bits per heavy atom. The summed E-state index contributed by atoms with van der Waals surface area (Å²) in [5, 5.41) is 4.25. The first kappa shape index (κ1) is 21.7. The maximum atomic E-state index is 13.5. The summed E-state index contributed by atoms with van der Waals surface area (Å²) in [6.45, 7) is 1.03. The van der Waals surface area contributed by atoms with Crippen LogP contribution in [0.25, 0.3) is 0 Å². The number of hydrogen-bond acceptors (Lipinski definition) is 5. The maximum absolute atomic E-state index is 13.5. The quantitative estimate of drug-likeness (QED) is 0.489. The normalized spacial score (nSPS) is 10.2. The summed E-state index contributed by atoms with van der Waals surface area (Å²) in [4.78, 5) is 34.4. The van der Waals surface area contributed by atoms with Crippen LogP contribution in [-0.2, 0) is 9.59 Å². The Kier molecular flexibility index (Phi) is 7.58. The van der Waals surface area contributed by atoms with Gasteiger partial charge in [0, 0.05) is 5.56 Å². The average Bonchev–Trinajstić information content (AvgIpc) is 2.72. The molecule has 0 fully saturated rings. The average molecular weight is 410 g/mol. The van der Waals surface area contributed by atoms with E-state index in [9.17, 15) is 27.6 Å². The van der Waals surface area contributed by atoms with Gasteiger partial charge in [-0.25, -0.2) is 13.2 Å². The van der Waals surface area contributed by atoms with E-state index in [1.165, 1.54) is 18.2 Å². The molecule has 0 atom stereocenters. The smallest absolute Gasteiger partial charge is 0.258 e. The summed E-state index contributed by atoms with van der Waals surface area (Å²) in [5.41, 5.74) is -0.192. The van der Waals surface area contributed by atoms with Crippen molar-refractivity contribution in [3.05, 3.63) is 53.3 Å². The molecule has 2 amide bonds. The van der Waals surface area contributed by atoms with E-state index in [1.807, 2.05) is 5.32 Å². The van der Waals surface area contributed by atoms with Crippen LogP contribution < -0.4 is 20.1 Å². The molecule has 2 aromatic rings. The van der Waals surface area contributed by atoms with Crippen molar-refractivity contribution >= 4 is 23.8 Å². The summed E-state index contributed by atoms with van der Waals surface area (Å²) >= 11 is 0. The van der Waals surface area contributed by atoms with Crippen molar-refractivity contribution < 1.29 is 37.0 Å². The molecule has 0 aliphatic heterocycles. The van der Waals surface area contributed by atoms with Crippen molar-refractivity contribution in [3.8, 4) is 11.5 Å². The Morgan fingerprint density at radius 3 is 2.45 bits per heavy atom. The third-order valence-corrected chi connectivity index (χ3v) is 3.52. The molecule has 2 rings (SSSR count). The summed E-state index contributed by atoms with van der Waals surface area (Å²) in [6, 6.07) is 5.90.